The van der Waals surface area contributed by atoms with Gasteiger partial charge in [0.25, 0.3) is 5.91 Å². The summed E-state index contributed by atoms with van der Waals surface area (Å²) < 4.78 is 26.1. The van der Waals surface area contributed by atoms with Crippen LogP contribution < -0.4 is 24.3 Å². The van der Waals surface area contributed by atoms with Gasteiger partial charge < -0.3 is 29.0 Å². The molecule has 2 aromatic carbocycles. The maximum atomic E-state index is 12.6. The van der Waals surface area contributed by atoms with Gasteiger partial charge in [-0.25, -0.2) is 4.79 Å². The number of ether oxygens (including phenoxy) is 5. The number of amides is 1. The van der Waals surface area contributed by atoms with Crippen molar-refractivity contribution in [1.29, 1.82) is 0 Å². The lowest BCUT2D eigenvalue weighted by Gasteiger charge is -2.17. The van der Waals surface area contributed by atoms with Gasteiger partial charge in [-0.15, -0.1) is 0 Å². The summed E-state index contributed by atoms with van der Waals surface area (Å²) in [6, 6.07) is 10.3. The third kappa shape index (κ3) is 5.31. The van der Waals surface area contributed by atoms with Crippen LogP contribution in [0.5, 0.6) is 23.0 Å². The molecule has 2 aromatic rings. The lowest BCUT2D eigenvalue weighted by molar-refractivity contribution is -0.129. The van der Waals surface area contributed by atoms with Crippen molar-refractivity contribution in [1.82, 2.24) is 5.32 Å². The van der Waals surface area contributed by atoms with Gasteiger partial charge in [0.05, 0.1) is 28.4 Å². The SMILES string of the molecule is COc1ccc(CNC(=O)[C@H](C)OC(=O)c2ccc(OC)c(OC)c2OC)cc1. The third-order valence-electron chi connectivity index (χ3n) is 4.20. The Bertz CT molecular complexity index is 849. The molecule has 0 radical (unpaired) electrons. The van der Waals surface area contributed by atoms with Crippen LogP contribution in [0.15, 0.2) is 36.4 Å². The molecule has 0 bridgehead atoms. The average molecular weight is 403 g/mol. The maximum absolute atomic E-state index is 12.6. The second kappa shape index (κ2) is 10.2. The van der Waals surface area contributed by atoms with E-state index in [9.17, 15) is 9.59 Å². The van der Waals surface area contributed by atoms with E-state index in [-0.39, 0.29) is 17.1 Å². The highest BCUT2D eigenvalue weighted by molar-refractivity contribution is 5.96. The summed E-state index contributed by atoms with van der Waals surface area (Å²) in [5.41, 5.74) is 1.01. The zero-order valence-electron chi connectivity index (χ0n) is 17.1. The summed E-state index contributed by atoms with van der Waals surface area (Å²) >= 11 is 0. The molecule has 29 heavy (non-hydrogen) atoms. The number of carbonyl (C=O) groups excluding carboxylic acids is 2. The Hall–Kier alpha value is -3.42. The Morgan fingerprint density at radius 3 is 2.07 bits per heavy atom. The number of hydrogen-bond donors (Lipinski definition) is 1. The van der Waals surface area contributed by atoms with Crippen molar-refractivity contribution < 1.29 is 33.3 Å². The minimum Gasteiger partial charge on any atom is -0.497 e. The standard InChI is InChI=1S/C21H25NO7/c1-13(20(23)22-12-14-6-8-15(25-2)9-7-14)29-21(24)16-10-11-17(26-3)19(28-5)18(16)27-4/h6-11,13H,12H2,1-5H3,(H,22,23)/t13-/m0/s1. The summed E-state index contributed by atoms with van der Waals surface area (Å²) in [5, 5.41) is 2.73. The first-order valence-electron chi connectivity index (χ1n) is 8.85. The molecule has 2 rings (SSSR count). The molecule has 1 amide bonds. The summed E-state index contributed by atoms with van der Waals surface area (Å²) in [6.07, 6.45) is -1.00. The van der Waals surface area contributed by atoms with Crippen molar-refractivity contribution in [2.45, 2.75) is 19.6 Å². The van der Waals surface area contributed by atoms with Crippen LogP contribution >= 0.6 is 0 Å². The van der Waals surface area contributed by atoms with Crippen molar-refractivity contribution in [2.24, 2.45) is 0 Å². The van der Waals surface area contributed by atoms with Gasteiger partial charge in [0.15, 0.2) is 17.6 Å². The molecule has 0 aliphatic carbocycles. The van der Waals surface area contributed by atoms with E-state index in [4.69, 9.17) is 23.7 Å². The molecule has 0 spiro atoms. The van der Waals surface area contributed by atoms with Crippen LogP contribution in [0.4, 0.5) is 0 Å². The molecule has 0 aliphatic rings. The summed E-state index contributed by atoms with van der Waals surface area (Å²) in [4.78, 5) is 24.9. The Kier molecular flexibility index (Phi) is 7.70. The first-order chi connectivity index (χ1) is 13.9. The molecule has 8 nitrogen and oxygen atoms in total. The molecule has 1 atom stereocenters. The predicted molar refractivity (Wildman–Crippen MR) is 106 cm³/mol. The predicted octanol–water partition coefficient (Wildman–Crippen LogP) is 2.58. The minimum absolute atomic E-state index is 0.125. The van der Waals surface area contributed by atoms with Crippen molar-refractivity contribution >= 4 is 11.9 Å². The van der Waals surface area contributed by atoms with Crippen LogP contribution in [-0.2, 0) is 16.1 Å². The Morgan fingerprint density at radius 1 is 0.862 bits per heavy atom. The fourth-order valence-corrected chi connectivity index (χ4v) is 2.62. The van der Waals surface area contributed by atoms with Gasteiger partial charge in [-0.2, -0.15) is 0 Å². The van der Waals surface area contributed by atoms with Gasteiger partial charge in [-0.3, -0.25) is 4.79 Å². The second-order valence-corrected chi connectivity index (χ2v) is 6.00. The van der Waals surface area contributed by atoms with Crippen LogP contribution in [0.1, 0.15) is 22.8 Å². The minimum atomic E-state index is -1.00. The number of carbonyl (C=O) groups is 2. The molecule has 8 heteroatoms. The van der Waals surface area contributed by atoms with Gasteiger partial charge in [0, 0.05) is 6.54 Å². The van der Waals surface area contributed by atoms with E-state index in [1.165, 1.54) is 34.3 Å². The number of esters is 1. The van der Waals surface area contributed by atoms with Crippen LogP contribution in [0.3, 0.4) is 0 Å². The van der Waals surface area contributed by atoms with Crippen LogP contribution in [0, 0.1) is 0 Å². The van der Waals surface area contributed by atoms with Gasteiger partial charge >= 0.3 is 5.97 Å². The average Bonchev–Trinajstić information content (AvgIpc) is 2.76. The lowest BCUT2D eigenvalue weighted by atomic mass is 10.1. The summed E-state index contributed by atoms with van der Waals surface area (Å²) in [7, 11) is 5.90. The Labute approximate surface area is 169 Å². The molecule has 0 aromatic heterocycles. The fourth-order valence-electron chi connectivity index (χ4n) is 2.62. The van der Waals surface area contributed by atoms with Crippen LogP contribution in [0.25, 0.3) is 0 Å². The number of methoxy groups -OCH3 is 4. The molecule has 0 heterocycles. The van der Waals surface area contributed by atoms with Crippen LogP contribution in [0.2, 0.25) is 0 Å². The van der Waals surface area contributed by atoms with E-state index in [1.807, 2.05) is 12.1 Å². The molecule has 0 saturated carbocycles. The van der Waals surface area contributed by atoms with E-state index in [1.54, 1.807) is 25.3 Å². The van der Waals surface area contributed by atoms with Gasteiger partial charge in [0.2, 0.25) is 5.75 Å². The normalized spacial score (nSPS) is 11.2. The smallest absolute Gasteiger partial charge is 0.342 e. The Morgan fingerprint density at radius 2 is 1.52 bits per heavy atom. The van der Waals surface area contributed by atoms with E-state index in [0.717, 1.165) is 11.3 Å². The van der Waals surface area contributed by atoms with E-state index < -0.39 is 18.0 Å². The van der Waals surface area contributed by atoms with E-state index >= 15 is 0 Å². The number of hydrogen-bond acceptors (Lipinski definition) is 7. The fraction of sp³-hybridized carbons (Fsp3) is 0.333. The monoisotopic (exact) mass is 403 g/mol. The van der Waals surface area contributed by atoms with Gasteiger partial charge in [0.1, 0.15) is 11.3 Å². The van der Waals surface area contributed by atoms with Crippen molar-refractivity contribution in [3.63, 3.8) is 0 Å². The number of rotatable bonds is 9. The van der Waals surface area contributed by atoms with E-state index in [0.29, 0.717) is 12.3 Å². The number of benzene rings is 2. The first kappa shape index (κ1) is 21.9. The number of nitrogens with one attached hydrogen (secondary N) is 1. The first-order valence-corrected chi connectivity index (χ1v) is 8.85. The summed E-state index contributed by atoms with van der Waals surface area (Å²) in [5.74, 6) is 0.435. The zero-order valence-corrected chi connectivity index (χ0v) is 17.1. The highest BCUT2D eigenvalue weighted by atomic mass is 16.6. The van der Waals surface area contributed by atoms with Crippen molar-refractivity contribution in [3.05, 3.63) is 47.5 Å². The molecule has 1 N–H and O–H groups in total. The second-order valence-electron chi connectivity index (χ2n) is 6.00. The maximum Gasteiger partial charge on any atom is 0.342 e. The zero-order chi connectivity index (χ0) is 21.4. The highest BCUT2D eigenvalue weighted by Crippen LogP contribution is 2.40. The van der Waals surface area contributed by atoms with Crippen molar-refractivity contribution in [3.8, 4) is 23.0 Å². The molecule has 156 valence electrons. The van der Waals surface area contributed by atoms with E-state index in [2.05, 4.69) is 5.32 Å². The summed E-state index contributed by atoms with van der Waals surface area (Å²) in [6.45, 7) is 1.79. The topological polar surface area (TPSA) is 92.3 Å². The molecular weight excluding hydrogens is 378 g/mol. The Balaban J connectivity index is 2.03. The van der Waals surface area contributed by atoms with Gasteiger partial charge in [-0.1, -0.05) is 12.1 Å². The highest BCUT2D eigenvalue weighted by Gasteiger charge is 2.25. The quantitative estimate of drug-likeness (QED) is 0.644. The lowest BCUT2D eigenvalue weighted by Crippen LogP contribution is -2.35. The van der Waals surface area contributed by atoms with Crippen molar-refractivity contribution in [2.75, 3.05) is 28.4 Å². The molecular formula is C21H25NO7. The van der Waals surface area contributed by atoms with Gasteiger partial charge in [-0.05, 0) is 36.8 Å². The molecule has 0 fully saturated rings. The third-order valence-corrected chi connectivity index (χ3v) is 4.20. The largest absolute Gasteiger partial charge is 0.497 e. The molecule has 0 aliphatic heterocycles. The van der Waals surface area contributed by atoms with Crippen LogP contribution in [-0.4, -0.2) is 46.4 Å². The molecule has 0 saturated heterocycles. The molecule has 0 unspecified atom stereocenters.